The van der Waals surface area contributed by atoms with Crippen LogP contribution in [0.4, 0.5) is 0 Å². The van der Waals surface area contributed by atoms with E-state index in [1.54, 1.807) is 6.92 Å². The largest absolute Gasteiger partial charge is 0.463 e. The topological polar surface area (TPSA) is 144 Å². The predicted octanol–water partition coefficient (Wildman–Crippen LogP) is -1.97. The summed E-state index contributed by atoms with van der Waals surface area (Å²) in [7, 11) is 2.74. The van der Waals surface area contributed by atoms with Crippen LogP contribution in [-0.4, -0.2) is 104 Å². The van der Waals surface area contributed by atoms with Crippen LogP contribution >= 0.6 is 0 Å². The average molecular weight is 382 g/mol. The smallest absolute Gasteiger partial charge is 0.308 e. The van der Waals surface area contributed by atoms with Crippen LogP contribution in [0, 0.1) is 5.92 Å². The first kappa shape index (κ1) is 23.2. The summed E-state index contributed by atoms with van der Waals surface area (Å²) in [5, 5.41) is 38.0. The molecule has 10 heteroatoms. The van der Waals surface area contributed by atoms with Crippen LogP contribution in [-0.2, 0) is 28.5 Å². The fourth-order valence-electron chi connectivity index (χ4n) is 2.46. The van der Waals surface area contributed by atoms with E-state index in [-0.39, 0.29) is 19.8 Å². The molecule has 0 aliphatic carbocycles. The van der Waals surface area contributed by atoms with Gasteiger partial charge in [0.2, 0.25) is 0 Å². The number of aliphatic hydroxyl groups is 4. The number of carbonyl (C=O) groups is 1. The molecular formula is C16H30O10. The third-order valence-corrected chi connectivity index (χ3v) is 4.15. The molecule has 7 unspecified atom stereocenters. The van der Waals surface area contributed by atoms with Gasteiger partial charge in [0.25, 0.3) is 0 Å². The quantitative estimate of drug-likeness (QED) is 0.235. The molecule has 0 amide bonds. The summed E-state index contributed by atoms with van der Waals surface area (Å²) >= 11 is 0. The van der Waals surface area contributed by atoms with E-state index in [2.05, 4.69) is 0 Å². The van der Waals surface area contributed by atoms with Crippen LogP contribution in [0.1, 0.15) is 13.3 Å². The number of esters is 1. The zero-order valence-electron chi connectivity index (χ0n) is 15.3. The molecule has 0 radical (unpaired) electrons. The van der Waals surface area contributed by atoms with Gasteiger partial charge in [-0.05, 0) is 6.42 Å². The SMILES string of the molecule is COC1OC(COCCC(C)C(=O)OCC(O)CO)C(O)C(OC)C1O. The summed E-state index contributed by atoms with van der Waals surface area (Å²) in [6.45, 7) is 1.15. The zero-order chi connectivity index (χ0) is 19.7. The molecule has 1 fully saturated rings. The molecule has 1 rings (SSSR count). The van der Waals surface area contributed by atoms with E-state index in [0.29, 0.717) is 6.42 Å². The Hall–Kier alpha value is -0.850. The molecule has 1 saturated heterocycles. The van der Waals surface area contributed by atoms with Crippen molar-refractivity contribution in [2.24, 2.45) is 5.92 Å². The van der Waals surface area contributed by atoms with Crippen LogP contribution in [0.5, 0.6) is 0 Å². The fraction of sp³-hybridized carbons (Fsp3) is 0.938. The van der Waals surface area contributed by atoms with Crippen molar-refractivity contribution < 1.29 is 48.9 Å². The molecule has 4 N–H and O–H groups in total. The molecular weight excluding hydrogens is 352 g/mol. The third kappa shape index (κ3) is 6.71. The van der Waals surface area contributed by atoms with Gasteiger partial charge in [-0.15, -0.1) is 0 Å². The first-order valence-corrected chi connectivity index (χ1v) is 8.46. The molecule has 7 atom stereocenters. The Labute approximate surface area is 152 Å². The Morgan fingerprint density at radius 2 is 1.88 bits per heavy atom. The lowest BCUT2D eigenvalue weighted by Gasteiger charge is -2.41. The first-order valence-electron chi connectivity index (χ1n) is 8.46. The van der Waals surface area contributed by atoms with Gasteiger partial charge in [0.1, 0.15) is 37.1 Å². The first-order chi connectivity index (χ1) is 12.3. The van der Waals surface area contributed by atoms with Crippen LogP contribution in [0.2, 0.25) is 0 Å². The Kier molecular flexibility index (Phi) is 10.5. The van der Waals surface area contributed by atoms with Crippen molar-refractivity contribution in [3.8, 4) is 0 Å². The van der Waals surface area contributed by atoms with E-state index in [4.69, 9.17) is 33.9 Å². The Morgan fingerprint density at radius 3 is 2.46 bits per heavy atom. The van der Waals surface area contributed by atoms with Crippen LogP contribution in [0.25, 0.3) is 0 Å². The van der Waals surface area contributed by atoms with E-state index in [0.717, 1.165) is 0 Å². The van der Waals surface area contributed by atoms with E-state index in [1.807, 2.05) is 0 Å². The fourth-order valence-corrected chi connectivity index (χ4v) is 2.46. The molecule has 0 aromatic heterocycles. The summed E-state index contributed by atoms with van der Waals surface area (Å²) in [6, 6.07) is 0. The van der Waals surface area contributed by atoms with Crippen molar-refractivity contribution in [2.75, 3.05) is 40.6 Å². The minimum absolute atomic E-state index is 0.0264. The zero-order valence-corrected chi connectivity index (χ0v) is 15.3. The second kappa shape index (κ2) is 11.8. The van der Waals surface area contributed by atoms with Gasteiger partial charge in [-0.2, -0.15) is 0 Å². The lowest BCUT2D eigenvalue weighted by molar-refractivity contribution is -0.300. The average Bonchev–Trinajstić information content (AvgIpc) is 2.64. The number of ether oxygens (including phenoxy) is 5. The minimum Gasteiger partial charge on any atom is -0.463 e. The standard InChI is InChI=1S/C16H30O10/c1-9(15(21)25-7-10(18)6-17)4-5-24-8-11-12(19)14(22-2)13(20)16(23-3)26-11/h9-14,16-20H,4-8H2,1-3H3. The molecule has 0 aromatic carbocycles. The van der Waals surface area contributed by atoms with Gasteiger partial charge in [0, 0.05) is 20.8 Å². The lowest BCUT2D eigenvalue weighted by Crippen LogP contribution is -2.59. The highest BCUT2D eigenvalue weighted by Crippen LogP contribution is 2.24. The highest BCUT2D eigenvalue weighted by molar-refractivity contribution is 5.71. The number of aliphatic hydroxyl groups excluding tert-OH is 4. The van der Waals surface area contributed by atoms with Crippen LogP contribution < -0.4 is 0 Å². The van der Waals surface area contributed by atoms with Crippen molar-refractivity contribution in [3.63, 3.8) is 0 Å². The van der Waals surface area contributed by atoms with Gasteiger partial charge in [-0.3, -0.25) is 4.79 Å². The van der Waals surface area contributed by atoms with Crippen molar-refractivity contribution in [2.45, 2.75) is 50.2 Å². The summed E-state index contributed by atoms with van der Waals surface area (Å²) in [5.74, 6) is -0.963. The number of rotatable bonds is 11. The molecule has 0 bridgehead atoms. The Balaban J connectivity index is 2.34. The molecule has 1 heterocycles. The van der Waals surface area contributed by atoms with E-state index in [1.165, 1.54) is 14.2 Å². The maximum atomic E-state index is 11.7. The second-order valence-electron chi connectivity index (χ2n) is 6.19. The lowest BCUT2D eigenvalue weighted by atomic mass is 9.99. The highest BCUT2D eigenvalue weighted by Gasteiger charge is 2.45. The number of carbonyl (C=O) groups excluding carboxylic acids is 1. The molecule has 0 spiro atoms. The third-order valence-electron chi connectivity index (χ3n) is 4.15. The molecule has 0 aromatic rings. The van der Waals surface area contributed by atoms with Crippen LogP contribution in [0.15, 0.2) is 0 Å². The van der Waals surface area contributed by atoms with Gasteiger partial charge in [0.05, 0.1) is 19.1 Å². The van der Waals surface area contributed by atoms with Gasteiger partial charge in [-0.25, -0.2) is 0 Å². The van der Waals surface area contributed by atoms with E-state index >= 15 is 0 Å². The van der Waals surface area contributed by atoms with Gasteiger partial charge in [0.15, 0.2) is 6.29 Å². The minimum atomic E-state index is -1.12. The molecule has 1 aliphatic rings. The monoisotopic (exact) mass is 382 g/mol. The summed E-state index contributed by atoms with van der Waals surface area (Å²) in [5.41, 5.74) is 0. The van der Waals surface area contributed by atoms with E-state index in [9.17, 15) is 15.0 Å². The molecule has 26 heavy (non-hydrogen) atoms. The Morgan fingerprint density at radius 1 is 1.19 bits per heavy atom. The van der Waals surface area contributed by atoms with Crippen molar-refractivity contribution in [1.29, 1.82) is 0 Å². The van der Waals surface area contributed by atoms with Gasteiger partial charge < -0.3 is 44.1 Å². The van der Waals surface area contributed by atoms with Crippen molar-refractivity contribution in [1.82, 2.24) is 0 Å². The summed E-state index contributed by atoms with van der Waals surface area (Å²) in [6.07, 6.45) is -5.51. The molecule has 154 valence electrons. The Bertz CT molecular complexity index is 406. The summed E-state index contributed by atoms with van der Waals surface area (Å²) < 4.78 is 25.9. The van der Waals surface area contributed by atoms with Crippen molar-refractivity contribution in [3.05, 3.63) is 0 Å². The van der Waals surface area contributed by atoms with Gasteiger partial charge >= 0.3 is 5.97 Å². The maximum absolute atomic E-state index is 11.7. The second-order valence-corrected chi connectivity index (χ2v) is 6.19. The normalized spacial score (nSPS) is 31.4. The number of hydrogen-bond acceptors (Lipinski definition) is 10. The van der Waals surface area contributed by atoms with E-state index < -0.39 is 55.3 Å². The molecule has 0 saturated carbocycles. The highest BCUT2D eigenvalue weighted by atomic mass is 16.7. The van der Waals surface area contributed by atoms with Crippen molar-refractivity contribution >= 4 is 5.97 Å². The predicted molar refractivity (Wildman–Crippen MR) is 87.1 cm³/mol. The molecule has 1 aliphatic heterocycles. The number of methoxy groups -OCH3 is 2. The van der Waals surface area contributed by atoms with Crippen LogP contribution in [0.3, 0.4) is 0 Å². The number of hydrogen-bond donors (Lipinski definition) is 4. The summed E-state index contributed by atoms with van der Waals surface area (Å²) in [4.78, 5) is 11.7. The maximum Gasteiger partial charge on any atom is 0.308 e. The molecule has 10 nitrogen and oxygen atoms in total. The van der Waals surface area contributed by atoms with Gasteiger partial charge in [-0.1, -0.05) is 6.92 Å².